The molecule has 0 aliphatic heterocycles. The summed E-state index contributed by atoms with van der Waals surface area (Å²) in [5.74, 6) is -0.751. The molecule has 0 saturated heterocycles. The van der Waals surface area contributed by atoms with Crippen molar-refractivity contribution >= 4 is 23.6 Å². The maximum Gasteiger partial charge on any atom is 0.408 e. The number of para-hydroxylation sites is 1. The van der Waals surface area contributed by atoms with Gasteiger partial charge in [-0.1, -0.05) is 54.6 Å². The number of anilines is 1. The number of rotatable bonds is 8. The number of carbonyl (C=O) groups is 3. The Bertz CT molecular complexity index is 1340. The Morgan fingerprint density at radius 1 is 0.875 bits per heavy atom. The first-order chi connectivity index (χ1) is 18.8. The molecule has 0 fully saturated rings. The summed E-state index contributed by atoms with van der Waals surface area (Å²) in [6.07, 6.45) is -0.618. The molecule has 0 spiro atoms. The average molecular weight is 546 g/mol. The second-order valence-corrected chi connectivity index (χ2v) is 11.0. The van der Waals surface area contributed by atoms with Crippen LogP contribution >= 0.6 is 0 Å². The lowest BCUT2D eigenvalue weighted by Crippen LogP contribution is -2.52. The summed E-state index contributed by atoms with van der Waals surface area (Å²) in [6, 6.07) is 17.5. The Balaban J connectivity index is 1.99. The van der Waals surface area contributed by atoms with Crippen molar-refractivity contribution in [3.05, 3.63) is 94.5 Å². The Kier molecular flexibility index (Phi) is 9.58. The zero-order chi connectivity index (χ0) is 29.6. The first-order valence-corrected chi connectivity index (χ1v) is 13.2. The molecule has 40 heavy (non-hydrogen) atoms. The number of nitrogens with zero attached hydrogens (tertiary/aromatic N) is 1. The number of alkyl carbamates (subject to hydrolysis) is 1. The van der Waals surface area contributed by atoms with Crippen LogP contribution in [0.1, 0.15) is 54.6 Å². The van der Waals surface area contributed by atoms with Gasteiger partial charge in [-0.15, -0.1) is 0 Å². The van der Waals surface area contributed by atoms with Gasteiger partial charge in [-0.3, -0.25) is 9.59 Å². The number of aryl methyl sites for hydroxylation is 3. The molecule has 8 heteroatoms. The van der Waals surface area contributed by atoms with E-state index < -0.39 is 29.7 Å². The van der Waals surface area contributed by atoms with Gasteiger partial charge in [-0.05, 0) is 81.5 Å². The van der Waals surface area contributed by atoms with E-state index in [1.807, 2.05) is 63.2 Å². The lowest BCUT2D eigenvalue weighted by molar-refractivity contribution is -0.139. The van der Waals surface area contributed by atoms with Crippen molar-refractivity contribution in [2.24, 2.45) is 0 Å². The van der Waals surface area contributed by atoms with Gasteiger partial charge in [-0.2, -0.15) is 0 Å². The van der Waals surface area contributed by atoms with Crippen molar-refractivity contribution in [2.75, 3.05) is 12.4 Å². The van der Waals surface area contributed by atoms with Crippen LogP contribution in [0.3, 0.4) is 0 Å². The number of likely N-dealkylation sites (N-methyl/N-ethyl adjacent to an activating group) is 1. The van der Waals surface area contributed by atoms with Crippen LogP contribution in [0.5, 0.6) is 5.75 Å². The van der Waals surface area contributed by atoms with Crippen LogP contribution in [-0.2, 0) is 20.7 Å². The fourth-order valence-corrected chi connectivity index (χ4v) is 4.51. The van der Waals surface area contributed by atoms with Crippen molar-refractivity contribution in [2.45, 2.75) is 65.6 Å². The second kappa shape index (κ2) is 12.7. The third kappa shape index (κ3) is 7.85. The van der Waals surface area contributed by atoms with Crippen LogP contribution in [0, 0.1) is 20.8 Å². The number of amides is 3. The smallest absolute Gasteiger partial charge is 0.408 e. The summed E-state index contributed by atoms with van der Waals surface area (Å²) >= 11 is 0. The normalized spacial score (nSPS) is 12.7. The summed E-state index contributed by atoms with van der Waals surface area (Å²) in [7, 11) is 1.56. The molecule has 2 atom stereocenters. The van der Waals surface area contributed by atoms with Gasteiger partial charge in [0.15, 0.2) is 0 Å². The highest BCUT2D eigenvalue weighted by Crippen LogP contribution is 2.28. The molecule has 3 amide bonds. The van der Waals surface area contributed by atoms with E-state index in [4.69, 9.17) is 4.74 Å². The van der Waals surface area contributed by atoms with Crippen molar-refractivity contribution < 1.29 is 24.2 Å². The Morgan fingerprint density at radius 2 is 1.45 bits per heavy atom. The molecular weight excluding hydrogens is 506 g/mol. The fraction of sp³-hybridized carbons (Fsp3) is 0.344. The fourth-order valence-electron chi connectivity index (χ4n) is 4.51. The highest BCUT2D eigenvalue weighted by atomic mass is 16.6. The van der Waals surface area contributed by atoms with Gasteiger partial charge >= 0.3 is 6.09 Å². The van der Waals surface area contributed by atoms with Gasteiger partial charge in [0.2, 0.25) is 5.91 Å². The Hall–Kier alpha value is -4.33. The minimum atomic E-state index is -1.04. The lowest BCUT2D eigenvalue weighted by Gasteiger charge is -2.32. The van der Waals surface area contributed by atoms with Crippen LogP contribution in [0.25, 0.3) is 0 Å². The highest BCUT2D eigenvalue weighted by Gasteiger charge is 2.35. The maximum atomic E-state index is 14.1. The van der Waals surface area contributed by atoms with E-state index in [0.717, 1.165) is 16.7 Å². The molecule has 0 aromatic heterocycles. The summed E-state index contributed by atoms with van der Waals surface area (Å²) < 4.78 is 5.43. The molecule has 3 N–H and O–H groups in total. The van der Waals surface area contributed by atoms with Crippen molar-refractivity contribution in [3.63, 3.8) is 0 Å². The molecular formula is C32H39N3O5. The Morgan fingerprint density at radius 3 is 2.02 bits per heavy atom. The van der Waals surface area contributed by atoms with Crippen molar-refractivity contribution in [3.8, 4) is 5.75 Å². The van der Waals surface area contributed by atoms with Crippen LogP contribution in [0.4, 0.5) is 10.5 Å². The molecule has 0 aliphatic carbocycles. The first-order valence-electron chi connectivity index (χ1n) is 13.2. The lowest BCUT2D eigenvalue weighted by atomic mass is 9.97. The quantitative estimate of drug-likeness (QED) is 0.342. The molecule has 3 aromatic rings. The van der Waals surface area contributed by atoms with Crippen LogP contribution in [-0.4, -0.2) is 46.6 Å². The number of hydrogen-bond donors (Lipinski definition) is 3. The van der Waals surface area contributed by atoms with E-state index in [2.05, 4.69) is 10.6 Å². The van der Waals surface area contributed by atoms with E-state index in [1.54, 1.807) is 40.0 Å². The topological polar surface area (TPSA) is 108 Å². The molecule has 3 rings (SSSR count). The largest absolute Gasteiger partial charge is 0.508 e. The molecule has 8 nitrogen and oxygen atoms in total. The van der Waals surface area contributed by atoms with Crippen LogP contribution in [0.15, 0.2) is 66.7 Å². The summed E-state index contributed by atoms with van der Waals surface area (Å²) in [5, 5.41) is 15.4. The van der Waals surface area contributed by atoms with Gasteiger partial charge in [0.1, 0.15) is 23.4 Å². The van der Waals surface area contributed by atoms with Gasteiger partial charge in [-0.25, -0.2) is 4.79 Å². The number of phenols is 1. The maximum absolute atomic E-state index is 14.1. The standard InChI is InChI=1S/C32H39N3O5/c1-20-11-8-9-14-25(20)28(29(37)34-27-21(2)12-10-13-22(27)3)35(7)30(38)26(33-31(39)40-32(4,5)6)19-23-15-17-24(36)18-16-23/h8-18,26,28,36H,19H2,1-7H3,(H,33,39)(H,34,37). The summed E-state index contributed by atoms with van der Waals surface area (Å²) in [4.78, 5) is 42.1. The van der Waals surface area contributed by atoms with Crippen molar-refractivity contribution in [1.29, 1.82) is 0 Å². The van der Waals surface area contributed by atoms with E-state index in [0.29, 0.717) is 16.8 Å². The highest BCUT2D eigenvalue weighted by molar-refractivity contribution is 6.00. The van der Waals surface area contributed by atoms with E-state index in [-0.39, 0.29) is 18.1 Å². The Labute approximate surface area is 236 Å². The van der Waals surface area contributed by atoms with Gasteiger partial charge in [0, 0.05) is 19.2 Å². The minimum Gasteiger partial charge on any atom is -0.508 e. The number of carbonyl (C=O) groups excluding carboxylic acids is 3. The molecule has 2 unspecified atom stereocenters. The molecule has 0 aliphatic rings. The monoisotopic (exact) mass is 545 g/mol. The second-order valence-electron chi connectivity index (χ2n) is 11.0. The van der Waals surface area contributed by atoms with Gasteiger partial charge in [0.25, 0.3) is 5.91 Å². The predicted octanol–water partition coefficient (Wildman–Crippen LogP) is 5.59. The average Bonchev–Trinajstić information content (AvgIpc) is 2.87. The zero-order valence-electron chi connectivity index (χ0n) is 24.2. The number of aromatic hydroxyl groups is 1. The van der Waals surface area contributed by atoms with Crippen LogP contribution in [0.2, 0.25) is 0 Å². The SMILES string of the molecule is Cc1ccccc1C(C(=O)Nc1c(C)cccc1C)N(C)C(=O)C(Cc1ccc(O)cc1)NC(=O)OC(C)(C)C. The summed E-state index contributed by atoms with van der Waals surface area (Å²) in [6.45, 7) is 10.9. The third-order valence-electron chi connectivity index (χ3n) is 6.56. The number of benzene rings is 3. The van der Waals surface area contributed by atoms with Gasteiger partial charge in [0.05, 0.1) is 0 Å². The molecule has 3 aromatic carbocycles. The molecule has 212 valence electrons. The summed E-state index contributed by atoms with van der Waals surface area (Å²) in [5.41, 5.74) is 3.97. The van der Waals surface area contributed by atoms with E-state index >= 15 is 0 Å². The number of phenolic OH excluding ortho intramolecular Hbond substituents is 1. The molecule has 0 saturated carbocycles. The minimum absolute atomic E-state index is 0.0895. The van der Waals surface area contributed by atoms with E-state index in [1.165, 1.54) is 17.0 Å². The van der Waals surface area contributed by atoms with Crippen LogP contribution < -0.4 is 10.6 Å². The first kappa shape index (κ1) is 30.2. The number of ether oxygens (including phenoxy) is 1. The predicted molar refractivity (Wildman–Crippen MR) is 156 cm³/mol. The molecule has 0 bridgehead atoms. The zero-order valence-corrected chi connectivity index (χ0v) is 24.2. The van der Waals surface area contributed by atoms with Crippen molar-refractivity contribution in [1.82, 2.24) is 10.2 Å². The van der Waals surface area contributed by atoms with Gasteiger partial charge < -0.3 is 25.4 Å². The molecule has 0 radical (unpaired) electrons. The number of nitrogens with one attached hydrogen (secondary N) is 2. The third-order valence-corrected chi connectivity index (χ3v) is 6.56. The van der Waals surface area contributed by atoms with E-state index in [9.17, 15) is 19.5 Å². The molecule has 0 heterocycles. The number of hydrogen-bond acceptors (Lipinski definition) is 5.